The quantitative estimate of drug-likeness (QED) is 0.770. The smallest absolute Gasteiger partial charge is 0.151 e. The van der Waals surface area contributed by atoms with Crippen LogP contribution in [0.15, 0.2) is 28.7 Å². The highest BCUT2D eigenvalue weighted by Gasteiger charge is 2.36. The zero-order valence-electron chi connectivity index (χ0n) is 8.57. The third kappa shape index (κ3) is 2.29. The number of hydrogen-bond donors (Lipinski definition) is 0. The van der Waals surface area contributed by atoms with Crippen molar-refractivity contribution in [1.29, 1.82) is 0 Å². The summed E-state index contributed by atoms with van der Waals surface area (Å²) in [5.41, 5.74) is 0.544. The minimum Gasteiger partial charge on any atom is -0.360 e. The van der Waals surface area contributed by atoms with Crippen molar-refractivity contribution in [3.05, 3.63) is 34.3 Å². The Morgan fingerprint density at radius 3 is 3.00 bits per heavy atom. The molecule has 0 N–H and O–H groups in total. The lowest BCUT2D eigenvalue weighted by Gasteiger charge is -2.18. The van der Waals surface area contributed by atoms with E-state index in [9.17, 15) is 4.79 Å². The normalized spacial score (nSPS) is 30.4. The zero-order valence-corrected chi connectivity index (χ0v) is 10.2. The Hall–Kier alpha value is -0.670. The van der Waals surface area contributed by atoms with E-state index in [0.717, 1.165) is 29.2 Å². The highest BCUT2D eigenvalue weighted by molar-refractivity contribution is 9.10. The lowest BCUT2D eigenvalue weighted by atomic mass is 10.0. The minimum absolute atomic E-state index is 0.0534. The highest BCUT2D eigenvalue weighted by Crippen LogP contribution is 2.38. The molecule has 2 atom stereocenters. The van der Waals surface area contributed by atoms with Crippen molar-refractivity contribution in [3.63, 3.8) is 0 Å². The number of carbonyl (C=O) groups is 1. The van der Waals surface area contributed by atoms with Gasteiger partial charge in [-0.05, 0) is 37.5 Å². The van der Waals surface area contributed by atoms with E-state index in [2.05, 4.69) is 15.9 Å². The van der Waals surface area contributed by atoms with E-state index in [1.54, 1.807) is 0 Å². The average Bonchev–Trinajstić information content (AvgIpc) is 2.62. The maximum absolute atomic E-state index is 10.8. The second kappa shape index (κ2) is 4.06. The molecule has 0 bridgehead atoms. The zero-order chi connectivity index (χ0) is 10.9. The van der Waals surface area contributed by atoms with E-state index >= 15 is 0 Å². The first-order valence-corrected chi connectivity index (χ1v) is 5.82. The monoisotopic (exact) mass is 268 g/mol. The van der Waals surface area contributed by atoms with Crippen LogP contribution in [0.2, 0.25) is 0 Å². The van der Waals surface area contributed by atoms with Crippen molar-refractivity contribution >= 4 is 22.2 Å². The largest absolute Gasteiger partial charge is 0.360 e. The van der Waals surface area contributed by atoms with Gasteiger partial charge < -0.3 is 9.53 Å². The molecule has 1 aliphatic rings. The summed E-state index contributed by atoms with van der Waals surface area (Å²) in [6, 6.07) is 8.05. The van der Waals surface area contributed by atoms with Crippen LogP contribution < -0.4 is 0 Å². The molecule has 2 nitrogen and oxygen atoms in total. The van der Waals surface area contributed by atoms with Gasteiger partial charge in [0.05, 0.1) is 6.10 Å². The van der Waals surface area contributed by atoms with Gasteiger partial charge in [-0.15, -0.1) is 0 Å². The van der Waals surface area contributed by atoms with Gasteiger partial charge in [0.25, 0.3) is 0 Å². The first kappa shape index (κ1) is 10.8. The van der Waals surface area contributed by atoms with Crippen LogP contribution in [0.5, 0.6) is 0 Å². The summed E-state index contributed by atoms with van der Waals surface area (Å²) in [5.74, 6) is 0. The molecule has 1 heterocycles. The topological polar surface area (TPSA) is 26.3 Å². The van der Waals surface area contributed by atoms with Gasteiger partial charge in [-0.3, -0.25) is 0 Å². The van der Waals surface area contributed by atoms with Gasteiger partial charge in [-0.25, -0.2) is 0 Å². The molecule has 0 amide bonds. The van der Waals surface area contributed by atoms with Crippen LogP contribution in [0.25, 0.3) is 0 Å². The molecule has 2 rings (SSSR count). The Morgan fingerprint density at radius 1 is 1.60 bits per heavy atom. The van der Waals surface area contributed by atoms with Gasteiger partial charge in [0.1, 0.15) is 5.60 Å². The third-order valence-electron chi connectivity index (χ3n) is 2.78. The van der Waals surface area contributed by atoms with Crippen LogP contribution in [0.4, 0.5) is 0 Å². The number of benzene rings is 1. The molecule has 1 aliphatic heterocycles. The molecule has 15 heavy (non-hydrogen) atoms. The Bertz CT molecular complexity index is 378. The predicted octanol–water partition coefficient (Wildman–Crippen LogP) is 3.26. The summed E-state index contributed by atoms with van der Waals surface area (Å²) in [6.07, 6.45) is 2.67. The van der Waals surface area contributed by atoms with Gasteiger partial charge in [0.15, 0.2) is 6.29 Å². The summed E-state index contributed by atoms with van der Waals surface area (Å²) in [5, 5.41) is 0. The summed E-state index contributed by atoms with van der Waals surface area (Å²) in [7, 11) is 0. The van der Waals surface area contributed by atoms with Gasteiger partial charge in [-0.2, -0.15) is 0 Å². The van der Waals surface area contributed by atoms with Gasteiger partial charge in [-0.1, -0.05) is 28.1 Å². The molecule has 1 aromatic rings. The molecule has 1 fully saturated rings. The molecule has 0 radical (unpaired) electrons. The van der Waals surface area contributed by atoms with E-state index in [4.69, 9.17) is 4.74 Å². The lowest BCUT2D eigenvalue weighted by Crippen LogP contribution is -2.24. The van der Waals surface area contributed by atoms with Crippen LogP contribution >= 0.6 is 15.9 Å². The fraction of sp³-hybridized carbons (Fsp3) is 0.417. The van der Waals surface area contributed by atoms with E-state index < -0.39 is 5.60 Å². The van der Waals surface area contributed by atoms with Gasteiger partial charge in [0.2, 0.25) is 0 Å². The Balaban J connectivity index is 2.18. The van der Waals surface area contributed by atoms with E-state index in [1.165, 1.54) is 0 Å². The van der Waals surface area contributed by atoms with Gasteiger partial charge >= 0.3 is 0 Å². The van der Waals surface area contributed by atoms with Crippen LogP contribution in [-0.4, -0.2) is 11.9 Å². The molecule has 0 aromatic heterocycles. The summed E-state index contributed by atoms with van der Waals surface area (Å²) >= 11 is 3.43. The number of carbonyl (C=O) groups excluding carboxylic acids is 1. The number of aldehydes is 1. The van der Waals surface area contributed by atoms with Crippen molar-refractivity contribution in [3.8, 4) is 0 Å². The Morgan fingerprint density at radius 2 is 2.40 bits per heavy atom. The lowest BCUT2D eigenvalue weighted by molar-refractivity contribution is -0.127. The molecular weight excluding hydrogens is 256 g/mol. The van der Waals surface area contributed by atoms with Crippen LogP contribution in [0.1, 0.15) is 31.4 Å². The van der Waals surface area contributed by atoms with E-state index in [-0.39, 0.29) is 6.10 Å². The second-order valence-corrected chi connectivity index (χ2v) is 5.05. The van der Waals surface area contributed by atoms with Crippen LogP contribution in [-0.2, 0) is 9.53 Å². The molecule has 0 aliphatic carbocycles. The summed E-state index contributed by atoms with van der Waals surface area (Å²) < 4.78 is 6.79. The van der Waals surface area contributed by atoms with Crippen molar-refractivity contribution in [2.24, 2.45) is 0 Å². The van der Waals surface area contributed by atoms with E-state index in [1.807, 2.05) is 31.2 Å². The van der Waals surface area contributed by atoms with Crippen molar-refractivity contribution in [2.75, 3.05) is 0 Å². The first-order chi connectivity index (χ1) is 7.13. The minimum atomic E-state index is -0.590. The molecule has 1 saturated heterocycles. The molecular formula is C12H13BrO2. The molecule has 2 unspecified atom stereocenters. The summed E-state index contributed by atoms with van der Waals surface area (Å²) in [6.45, 7) is 1.85. The molecule has 1 aromatic carbocycles. The molecule has 0 saturated carbocycles. The van der Waals surface area contributed by atoms with Crippen molar-refractivity contribution in [1.82, 2.24) is 0 Å². The average molecular weight is 269 g/mol. The summed E-state index contributed by atoms with van der Waals surface area (Å²) in [4.78, 5) is 10.8. The van der Waals surface area contributed by atoms with Crippen molar-refractivity contribution in [2.45, 2.75) is 31.5 Å². The third-order valence-corrected chi connectivity index (χ3v) is 3.28. The number of halogens is 1. The maximum atomic E-state index is 10.8. The first-order valence-electron chi connectivity index (χ1n) is 5.03. The maximum Gasteiger partial charge on any atom is 0.151 e. The fourth-order valence-corrected chi connectivity index (χ4v) is 2.31. The predicted molar refractivity (Wildman–Crippen MR) is 61.7 cm³/mol. The molecule has 3 heteroatoms. The molecule has 0 spiro atoms. The SMILES string of the molecule is CC1(C=O)CCC(c2cccc(Br)c2)O1. The number of ether oxygens (including phenoxy) is 1. The van der Waals surface area contributed by atoms with Crippen LogP contribution in [0.3, 0.4) is 0 Å². The highest BCUT2D eigenvalue weighted by atomic mass is 79.9. The Labute approximate surface area is 97.8 Å². The number of hydrogen-bond acceptors (Lipinski definition) is 2. The number of rotatable bonds is 2. The van der Waals surface area contributed by atoms with Crippen molar-refractivity contribution < 1.29 is 9.53 Å². The van der Waals surface area contributed by atoms with Gasteiger partial charge in [0, 0.05) is 4.47 Å². The van der Waals surface area contributed by atoms with Crippen LogP contribution in [0, 0.1) is 0 Å². The molecule has 80 valence electrons. The Kier molecular flexibility index (Phi) is 2.94. The fourth-order valence-electron chi connectivity index (χ4n) is 1.89. The van der Waals surface area contributed by atoms with E-state index in [0.29, 0.717) is 0 Å². The second-order valence-electron chi connectivity index (χ2n) is 4.13. The standard InChI is InChI=1S/C12H13BrO2/c1-12(8-14)6-5-11(15-12)9-3-2-4-10(13)7-9/h2-4,7-8,11H,5-6H2,1H3.